The first-order chi connectivity index (χ1) is 10.1. The number of aromatic nitrogens is 2. The van der Waals surface area contributed by atoms with Crippen molar-refractivity contribution < 1.29 is 0 Å². The van der Waals surface area contributed by atoms with Gasteiger partial charge in [-0.3, -0.25) is 4.68 Å². The second-order valence-electron chi connectivity index (χ2n) is 5.21. The molecule has 0 saturated heterocycles. The van der Waals surface area contributed by atoms with Gasteiger partial charge in [-0.05, 0) is 46.5 Å². The van der Waals surface area contributed by atoms with E-state index in [0.717, 1.165) is 28.6 Å². The molecule has 3 nitrogen and oxygen atoms in total. The highest BCUT2D eigenvalue weighted by atomic mass is 79.9. The fourth-order valence-corrected chi connectivity index (χ4v) is 3.14. The van der Waals surface area contributed by atoms with Crippen molar-refractivity contribution in [1.29, 1.82) is 0 Å². The van der Waals surface area contributed by atoms with Crippen LogP contribution < -0.4 is 5.73 Å². The van der Waals surface area contributed by atoms with Gasteiger partial charge in [0.15, 0.2) is 0 Å². The molecule has 0 bridgehead atoms. The lowest BCUT2D eigenvalue weighted by atomic mass is 10.0. The average Bonchev–Trinajstić information content (AvgIpc) is 2.91. The van der Waals surface area contributed by atoms with E-state index in [1.807, 2.05) is 35.1 Å². The van der Waals surface area contributed by atoms with Crippen molar-refractivity contribution in [2.24, 2.45) is 5.73 Å². The van der Waals surface area contributed by atoms with Crippen LogP contribution in [-0.4, -0.2) is 9.78 Å². The summed E-state index contributed by atoms with van der Waals surface area (Å²) in [5.41, 5.74) is 8.24. The van der Waals surface area contributed by atoms with Gasteiger partial charge in [0.1, 0.15) is 0 Å². The maximum Gasteiger partial charge on any atom is 0.0643 e. The first kappa shape index (κ1) is 16.5. The Kier molecular flexibility index (Phi) is 5.85. The van der Waals surface area contributed by atoms with Gasteiger partial charge in [-0.2, -0.15) is 5.10 Å². The number of halogens is 2. The van der Waals surface area contributed by atoms with Gasteiger partial charge in [-0.25, -0.2) is 0 Å². The van der Waals surface area contributed by atoms with Crippen molar-refractivity contribution in [3.63, 3.8) is 0 Å². The molecule has 0 saturated carbocycles. The molecule has 21 heavy (non-hydrogen) atoms. The third kappa shape index (κ3) is 3.87. The number of nitrogens with two attached hydrogens (primary N) is 1. The van der Waals surface area contributed by atoms with Crippen LogP contribution in [0.2, 0.25) is 5.02 Å². The summed E-state index contributed by atoms with van der Waals surface area (Å²) in [5, 5.41) is 5.34. The molecule has 1 heterocycles. The zero-order valence-electron chi connectivity index (χ0n) is 12.4. The molecule has 114 valence electrons. The highest BCUT2D eigenvalue weighted by Crippen LogP contribution is 2.30. The SMILES string of the molecule is CCC(CC)n1ccc(CC(N)c2cccc(Br)c2Cl)n1. The number of benzene rings is 1. The quantitative estimate of drug-likeness (QED) is 0.785. The van der Waals surface area contributed by atoms with E-state index >= 15 is 0 Å². The van der Waals surface area contributed by atoms with Crippen LogP contribution in [0.5, 0.6) is 0 Å². The molecule has 0 aliphatic rings. The van der Waals surface area contributed by atoms with Gasteiger partial charge in [-0.1, -0.05) is 37.6 Å². The van der Waals surface area contributed by atoms with Crippen molar-refractivity contribution in [2.45, 2.75) is 45.2 Å². The lowest BCUT2D eigenvalue weighted by Crippen LogP contribution is -2.15. The van der Waals surface area contributed by atoms with E-state index in [1.54, 1.807) is 0 Å². The molecule has 1 unspecified atom stereocenters. The van der Waals surface area contributed by atoms with Crippen LogP contribution >= 0.6 is 27.5 Å². The van der Waals surface area contributed by atoms with Crippen LogP contribution in [0.1, 0.15) is 50.0 Å². The van der Waals surface area contributed by atoms with Gasteiger partial charge in [-0.15, -0.1) is 0 Å². The molecule has 0 aliphatic heterocycles. The molecule has 1 aromatic carbocycles. The summed E-state index contributed by atoms with van der Waals surface area (Å²) in [6.07, 6.45) is 4.90. The second-order valence-corrected chi connectivity index (χ2v) is 6.44. The van der Waals surface area contributed by atoms with Crippen molar-refractivity contribution in [2.75, 3.05) is 0 Å². The Morgan fingerprint density at radius 3 is 2.67 bits per heavy atom. The molecule has 2 aromatic rings. The molecule has 0 fully saturated rings. The Balaban J connectivity index is 2.13. The fourth-order valence-electron chi connectivity index (χ4n) is 2.49. The smallest absolute Gasteiger partial charge is 0.0643 e. The van der Waals surface area contributed by atoms with Gasteiger partial charge >= 0.3 is 0 Å². The van der Waals surface area contributed by atoms with Gasteiger partial charge in [0, 0.05) is 23.1 Å². The number of rotatable bonds is 6. The first-order valence-electron chi connectivity index (χ1n) is 7.30. The van der Waals surface area contributed by atoms with Crippen molar-refractivity contribution in [1.82, 2.24) is 9.78 Å². The molecule has 0 aliphatic carbocycles. The summed E-state index contributed by atoms with van der Waals surface area (Å²) in [4.78, 5) is 0. The Hall–Kier alpha value is -0.840. The summed E-state index contributed by atoms with van der Waals surface area (Å²) >= 11 is 9.74. The molecular formula is C16H21BrClN3. The number of hydrogen-bond donors (Lipinski definition) is 1. The lowest BCUT2D eigenvalue weighted by Gasteiger charge is -2.14. The standard InChI is InChI=1S/C16H21BrClN3/c1-3-12(4-2)21-9-8-11(20-21)10-15(19)13-6-5-7-14(17)16(13)18/h5-9,12,15H,3-4,10,19H2,1-2H3. The average molecular weight is 371 g/mol. The van der Waals surface area contributed by atoms with Gasteiger partial charge in [0.05, 0.1) is 16.8 Å². The van der Waals surface area contributed by atoms with Crippen molar-refractivity contribution in [3.8, 4) is 0 Å². The normalized spacial score (nSPS) is 12.9. The highest BCUT2D eigenvalue weighted by Gasteiger charge is 2.15. The van der Waals surface area contributed by atoms with E-state index in [-0.39, 0.29) is 6.04 Å². The van der Waals surface area contributed by atoms with E-state index in [9.17, 15) is 0 Å². The minimum absolute atomic E-state index is 0.153. The van der Waals surface area contributed by atoms with Crippen LogP contribution in [0.3, 0.4) is 0 Å². The highest BCUT2D eigenvalue weighted by molar-refractivity contribution is 9.10. The Morgan fingerprint density at radius 2 is 2.00 bits per heavy atom. The van der Waals surface area contributed by atoms with Crippen LogP contribution in [0.25, 0.3) is 0 Å². The maximum atomic E-state index is 6.30. The van der Waals surface area contributed by atoms with E-state index in [2.05, 4.69) is 34.9 Å². The number of nitrogens with zero attached hydrogens (tertiary/aromatic N) is 2. The first-order valence-corrected chi connectivity index (χ1v) is 8.47. The maximum absolute atomic E-state index is 6.30. The van der Waals surface area contributed by atoms with E-state index in [1.165, 1.54) is 0 Å². The summed E-state index contributed by atoms with van der Waals surface area (Å²) in [5.74, 6) is 0. The largest absolute Gasteiger partial charge is 0.324 e. The lowest BCUT2D eigenvalue weighted by molar-refractivity contribution is 0.424. The Morgan fingerprint density at radius 1 is 1.29 bits per heavy atom. The van der Waals surface area contributed by atoms with Crippen LogP contribution in [-0.2, 0) is 6.42 Å². The molecule has 0 radical (unpaired) electrons. The van der Waals surface area contributed by atoms with Gasteiger partial charge < -0.3 is 5.73 Å². The van der Waals surface area contributed by atoms with Crippen LogP contribution in [0.15, 0.2) is 34.9 Å². The van der Waals surface area contributed by atoms with E-state index in [4.69, 9.17) is 17.3 Å². The zero-order valence-corrected chi connectivity index (χ0v) is 14.7. The van der Waals surface area contributed by atoms with E-state index in [0.29, 0.717) is 17.5 Å². The second kappa shape index (κ2) is 7.43. The predicted molar refractivity (Wildman–Crippen MR) is 91.6 cm³/mol. The molecule has 1 aromatic heterocycles. The fraction of sp³-hybridized carbons (Fsp3) is 0.438. The van der Waals surface area contributed by atoms with Crippen molar-refractivity contribution >= 4 is 27.5 Å². The summed E-state index contributed by atoms with van der Waals surface area (Å²) in [6.45, 7) is 4.37. The predicted octanol–water partition coefficient (Wildman–Crippen LogP) is 4.90. The molecule has 0 amide bonds. The molecule has 2 rings (SSSR count). The van der Waals surface area contributed by atoms with E-state index < -0.39 is 0 Å². The van der Waals surface area contributed by atoms with Gasteiger partial charge in [0.25, 0.3) is 0 Å². The minimum Gasteiger partial charge on any atom is -0.324 e. The summed E-state index contributed by atoms with van der Waals surface area (Å²) in [6, 6.07) is 8.19. The molecule has 2 N–H and O–H groups in total. The summed E-state index contributed by atoms with van der Waals surface area (Å²) in [7, 11) is 0. The third-order valence-electron chi connectivity index (χ3n) is 3.79. The van der Waals surface area contributed by atoms with Crippen molar-refractivity contribution in [3.05, 3.63) is 51.2 Å². The summed E-state index contributed by atoms with van der Waals surface area (Å²) < 4.78 is 2.92. The number of hydrogen-bond acceptors (Lipinski definition) is 2. The third-order valence-corrected chi connectivity index (χ3v) is 5.10. The molecular weight excluding hydrogens is 350 g/mol. The zero-order chi connectivity index (χ0) is 15.4. The minimum atomic E-state index is -0.153. The molecule has 0 spiro atoms. The van der Waals surface area contributed by atoms with Crippen LogP contribution in [0.4, 0.5) is 0 Å². The topological polar surface area (TPSA) is 43.8 Å². The Bertz CT molecular complexity index is 593. The van der Waals surface area contributed by atoms with Crippen LogP contribution in [0, 0.1) is 0 Å². The van der Waals surface area contributed by atoms with Gasteiger partial charge in [0.2, 0.25) is 0 Å². The molecule has 1 atom stereocenters. The molecule has 5 heteroatoms. The Labute approximate surface area is 139 Å². The monoisotopic (exact) mass is 369 g/mol.